The van der Waals surface area contributed by atoms with Crippen molar-refractivity contribution in [1.29, 1.82) is 0 Å². The summed E-state index contributed by atoms with van der Waals surface area (Å²) in [5, 5.41) is 0. The number of benzene rings is 1. The van der Waals surface area contributed by atoms with Crippen molar-refractivity contribution in [2.45, 2.75) is 57.2 Å². The van der Waals surface area contributed by atoms with Gasteiger partial charge in [-0.15, -0.1) is 0 Å². The molecule has 0 aliphatic heterocycles. The minimum absolute atomic E-state index is 0.125. The summed E-state index contributed by atoms with van der Waals surface area (Å²) in [6.45, 7) is 0. The van der Waals surface area contributed by atoms with Crippen LogP contribution in [0.4, 0.5) is 0 Å². The lowest BCUT2D eigenvalue weighted by atomic mass is 10.1. The fourth-order valence-corrected chi connectivity index (χ4v) is 2.51. The number of hydrogen-bond donors (Lipinski definition) is 0. The highest BCUT2D eigenvalue weighted by atomic mass is 16.5. The van der Waals surface area contributed by atoms with Crippen LogP contribution in [0.5, 0.6) is 5.75 Å². The van der Waals surface area contributed by atoms with Gasteiger partial charge in [0.05, 0.1) is 12.5 Å². The third-order valence-corrected chi connectivity index (χ3v) is 3.67. The van der Waals surface area contributed by atoms with Gasteiger partial charge < -0.3 is 9.47 Å². The predicted octanol–water partition coefficient (Wildman–Crippen LogP) is 3.26. The highest BCUT2D eigenvalue weighted by Crippen LogP contribution is 2.26. The maximum atomic E-state index is 11.7. The van der Waals surface area contributed by atoms with Crippen LogP contribution in [0.1, 0.15) is 44.1 Å². The van der Waals surface area contributed by atoms with Crippen LogP contribution in [0, 0.1) is 0 Å². The smallest absolute Gasteiger partial charge is 0.310 e. The Balaban J connectivity index is 1.56. The van der Waals surface area contributed by atoms with E-state index >= 15 is 0 Å². The zero-order valence-electron chi connectivity index (χ0n) is 11.1. The molecule has 3 rings (SSSR count). The van der Waals surface area contributed by atoms with Crippen molar-refractivity contribution < 1.29 is 14.3 Å². The summed E-state index contributed by atoms with van der Waals surface area (Å²) in [6, 6.07) is 7.83. The molecule has 102 valence electrons. The van der Waals surface area contributed by atoms with Crippen LogP contribution in [0.2, 0.25) is 0 Å². The summed E-state index contributed by atoms with van der Waals surface area (Å²) in [5.41, 5.74) is 0.973. The van der Waals surface area contributed by atoms with Gasteiger partial charge in [0.1, 0.15) is 11.9 Å². The number of esters is 1. The Morgan fingerprint density at radius 3 is 2.63 bits per heavy atom. The fraction of sp³-hybridized carbons (Fsp3) is 0.562. The van der Waals surface area contributed by atoms with Crippen LogP contribution in [0.25, 0.3) is 0 Å². The molecule has 0 unspecified atom stereocenters. The summed E-state index contributed by atoms with van der Waals surface area (Å²) in [7, 11) is 0. The average molecular weight is 260 g/mol. The normalized spacial score (nSPS) is 19.4. The van der Waals surface area contributed by atoms with Gasteiger partial charge in [0.25, 0.3) is 0 Å². The van der Waals surface area contributed by atoms with Crippen LogP contribution < -0.4 is 4.74 Å². The zero-order chi connectivity index (χ0) is 13.1. The first kappa shape index (κ1) is 12.5. The molecule has 0 bridgehead atoms. The summed E-state index contributed by atoms with van der Waals surface area (Å²) >= 11 is 0. The molecule has 19 heavy (non-hydrogen) atoms. The predicted molar refractivity (Wildman–Crippen MR) is 72.1 cm³/mol. The van der Waals surface area contributed by atoms with E-state index < -0.39 is 0 Å². The number of hydrogen-bond acceptors (Lipinski definition) is 3. The number of ether oxygens (including phenoxy) is 2. The minimum Gasteiger partial charge on any atom is -0.490 e. The topological polar surface area (TPSA) is 35.5 Å². The first-order valence-corrected chi connectivity index (χ1v) is 7.25. The van der Waals surface area contributed by atoms with E-state index in [4.69, 9.17) is 9.47 Å². The van der Waals surface area contributed by atoms with Crippen LogP contribution in [-0.2, 0) is 16.0 Å². The fourth-order valence-electron chi connectivity index (χ4n) is 2.51. The highest BCUT2D eigenvalue weighted by Gasteiger charge is 2.25. The molecule has 3 nitrogen and oxygen atoms in total. The number of carbonyl (C=O) groups excluding carboxylic acids is 1. The lowest BCUT2D eigenvalue weighted by Gasteiger charge is -2.13. The van der Waals surface area contributed by atoms with E-state index in [1.807, 2.05) is 24.3 Å². The lowest BCUT2D eigenvalue weighted by Crippen LogP contribution is -2.12. The Labute approximate surface area is 113 Å². The molecule has 3 heteroatoms. The monoisotopic (exact) mass is 260 g/mol. The Hall–Kier alpha value is -1.51. The van der Waals surface area contributed by atoms with Crippen molar-refractivity contribution in [2.24, 2.45) is 0 Å². The Morgan fingerprint density at radius 2 is 1.89 bits per heavy atom. The van der Waals surface area contributed by atoms with Crippen molar-refractivity contribution in [1.82, 2.24) is 0 Å². The second-order valence-electron chi connectivity index (χ2n) is 5.54. The van der Waals surface area contributed by atoms with E-state index in [1.54, 1.807) is 0 Å². The van der Waals surface area contributed by atoms with Crippen molar-refractivity contribution >= 4 is 5.97 Å². The first-order chi connectivity index (χ1) is 9.29. The standard InChI is InChI=1S/C16H20O3/c17-16(19-14-8-9-14)11-12-4-3-7-15(10-12)18-13-5-1-2-6-13/h3-4,7,10,13-14H,1-2,5-6,8-9,11H2. The van der Waals surface area contributed by atoms with E-state index in [2.05, 4.69) is 0 Å². The number of rotatable bonds is 5. The van der Waals surface area contributed by atoms with Gasteiger partial charge in [-0.05, 0) is 56.2 Å². The molecule has 0 spiro atoms. The SMILES string of the molecule is O=C(Cc1cccc(OC2CCCC2)c1)OC1CC1. The molecule has 0 heterocycles. The largest absolute Gasteiger partial charge is 0.490 e. The van der Waals surface area contributed by atoms with Gasteiger partial charge in [0, 0.05) is 0 Å². The van der Waals surface area contributed by atoms with E-state index in [1.165, 1.54) is 12.8 Å². The minimum atomic E-state index is -0.125. The van der Waals surface area contributed by atoms with Crippen LogP contribution in [0.15, 0.2) is 24.3 Å². The average Bonchev–Trinajstić information content (AvgIpc) is 3.04. The maximum Gasteiger partial charge on any atom is 0.310 e. The third kappa shape index (κ3) is 3.72. The quantitative estimate of drug-likeness (QED) is 0.762. The molecule has 2 aliphatic rings. The third-order valence-electron chi connectivity index (χ3n) is 3.67. The Bertz CT molecular complexity index is 445. The molecule has 2 aliphatic carbocycles. The van der Waals surface area contributed by atoms with Gasteiger partial charge in [0.15, 0.2) is 0 Å². The molecule has 0 atom stereocenters. The van der Waals surface area contributed by atoms with E-state index in [0.717, 1.165) is 37.0 Å². The molecule has 0 amide bonds. The van der Waals surface area contributed by atoms with Crippen LogP contribution in [0.3, 0.4) is 0 Å². The van der Waals surface area contributed by atoms with E-state index in [9.17, 15) is 4.79 Å². The molecule has 0 N–H and O–H groups in total. The van der Waals surface area contributed by atoms with E-state index in [0.29, 0.717) is 12.5 Å². The molecule has 0 radical (unpaired) electrons. The molecule has 0 saturated heterocycles. The second-order valence-corrected chi connectivity index (χ2v) is 5.54. The van der Waals surface area contributed by atoms with Gasteiger partial charge in [-0.1, -0.05) is 12.1 Å². The zero-order valence-corrected chi connectivity index (χ0v) is 11.1. The van der Waals surface area contributed by atoms with Crippen molar-refractivity contribution in [2.75, 3.05) is 0 Å². The van der Waals surface area contributed by atoms with Gasteiger partial charge in [-0.3, -0.25) is 4.79 Å². The van der Waals surface area contributed by atoms with Crippen molar-refractivity contribution in [3.63, 3.8) is 0 Å². The summed E-state index contributed by atoms with van der Waals surface area (Å²) in [6.07, 6.45) is 7.75. The molecule has 0 aromatic heterocycles. The van der Waals surface area contributed by atoms with Crippen molar-refractivity contribution in [3.05, 3.63) is 29.8 Å². The second kappa shape index (κ2) is 5.64. The van der Waals surface area contributed by atoms with Crippen LogP contribution >= 0.6 is 0 Å². The molecule has 2 saturated carbocycles. The molecular formula is C16H20O3. The molecule has 1 aromatic rings. The van der Waals surface area contributed by atoms with Gasteiger partial charge >= 0.3 is 5.97 Å². The Morgan fingerprint density at radius 1 is 1.11 bits per heavy atom. The maximum absolute atomic E-state index is 11.7. The summed E-state index contributed by atoms with van der Waals surface area (Å²) < 4.78 is 11.2. The summed E-state index contributed by atoms with van der Waals surface area (Å²) in [5.74, 6) is 0.754. The molecule has 1 aromatic carbocycles. The van der Waals surface area contributed by atoms with Crippen LogP contribution in [-0.4, -0.2) is 18.2 Å². The van der Waals surface area contributed by atoms with Gasteiger partial charge in [0.2, 0.25) is 0 Å². The van der Waals surface area contributed by atoms with Gasteiger partial charge in [-0.2, -0.15) is 0 Å². The highest BCUT2D eigenvalue weighted by molar-refractivity contribution is 5.73. The Kier molecular flexibility index (Phi) is 3.72. The summed E-state index contributed by atoms with van der Waals surface area (Å²) in [4.78, 5) is 11.7. The van der Waals surface area contributed by atoms with Crippen molar-refractivity contribution in [3.8, 4) is 5.75 Å². The first-order valence-electron chi connectivity index (χ1n) is 7.25. The van der Waals surface area contributed by atoms with E-state index in [-0.39, 0.29) is 12.1 Å². The van der Waals surface area contributed by atoms with Gasteiger partial charge in [-0.25, -0.2) is 0 Å². The number of carbonyl (C=O) groups is 1. The lowest BCUT2D eigenvalue weighted by molar-refractivity contribution is -0.144. The molecular weight excluding hydrogens is 240 g/mol. The molecule has 2 fully saturated rings.